The van der Waals surface area contributed by atoms with Crippen molar-refractivity contribution in [3.8, 4) is 0 Å². The molecule has 162 valence electrons. The van der Waals surface area contributed by atoms with E-state index in [0.29, 0.717) is 25.1 Å². The van der Waals surface area contributed by atoms with Gasteiger partial charge in [0.1, 0.15) is 6.10 Å². The maximum absolute atomic E-state index is 11.8. The highest BCUT2D eigenvalue weighted by molar-refractivity contribution is 6.30. The van der Waals surface area contributed by atoms with Crippen molar-refractivity contribution in [3.63, 3.8) is 0 Å². The summed E-state index contributed by atoms with van der Waals surface area (Å²) in [6, 6.07) is 10.9. The van der Waals surface area contributed by atoms with E-state index in [0.717, 1.165) is 37.1 Å². The van der Waals surface area contributed by atoms with E-state index in [4.69, 9.17) is 27.2 Å². The van der Waals surface area contributed by atoms with Crippen LogP contribution in [0.4, 0.5) is 0 Å². The molecule has 2 fully saturated rings. The number of carbonyl (C=O) groups is 1. The first-order valence-electron chi connectivity index (χ1n) is 10.8. The zero-order valence-electron chi connectivity index (χ0n) is 17.8. The lowest BCUT2D eigenvalue weighted by Crippen LogP contribution is -2.58. The van der Waals surface area contributed by atoms with Gasteiger partial charge in [-0.3, -0.25) is 14.4 Å². The van der Waals surface area contributed by atoms with Crippen LogP contribution in [0.2, 0.25) is 5.02 Å². The number of hydrogen-bond donors (Lipinski definition) is 1. The van der Waals surface area contributed by atoms with E-state index in [1.807, 2.05) is 23.9 Å². The number of aryl methyl sites for hydroxylation is 2. The number of hydrogen-bond acceptors (Lipinski definition) is 4. The Hall–Kier alpha value is -1.89. The first-order chi connectivity index (χ1) is 14.4. The summed E-state index contributed by atoms with van der Waals surface area (Å²) in [5.74, 6) is 0.145. The Morgan fingerprint density at radius 2 is 1.93 bits per heavy atom. The van der Waals surface area contributed by atoms with Crippen LogP contribution in [0.5, 0.6) is 0 Å². The van der Waals surface area contributed by atoms with Crippen LogP contribution in [0.15, 0.2) is 30.3 Å². The third-order valence-electron chi connectivity index (χ3n) is 6.75. The van der Waals surface area contributed by atoms with Gasteiger partial charge in [-0.05, 0) is 62.8 Å². The number of carbonyl (C=O) groups excluding carboxylic acids is 1. The lowest BCUT2D eigenvalue weighted by atomic mass is 9.82. The standard InChI is InChI=1S/C23H31ClN4O2/c1-15-11-21(26-27(15)2)17-5-9-19(10-6-17)28-13-22(23(25)29)30-14-20(28)12-16-3-7-18(24)8-4-16/h3-4,7-8,11,17,19-20,22H,5-6,9-10,12-14H2,1-2H3,(H2,25,29)/t17?,19?,20-,22+/m0/s1. The van der Waals surface area contributed by atoms with Gasteiger partial charge in [0, 0.05) is 42.3 Å². The fourth-order valence-electron chi connectivity index (χ4n) is 4.90. The second-order valence-corrected chi connectivity index (χ2v) is 9.18. The smallest absolute Gasteiger partial charge is 0.247 e. The molecule has 1 amide bonds. The van der Waals surface area contributed by atoms with E-state index in [2.05, 4.69) is 30.0 Å². The summed E-state index contributed by atoms with van der Waals surface area (Å²) in [4.78, 5) is 14.3. The van der Waals surface area contributed by atoms with Crippen LogP contribution < -0.4 is 5.73 Å². The molecule has 1 aromatic carbocycles. The molecule has 1 aliphatic carbocycles. The minimum Gasteiger partial charge on any atom is -0.367 e. The first-order valence-corrected chi connectivity index (χ1v) is 11.2. The lowest BCUT2D eigenvalue weighted by molar-refractivity contribution is -0.142. The second-order valence-electron chi connectivity index (χ2n) is 8.75. The molecule has 0 bridgehead atoms. The molecule has 0 unspecified atom stereocenters. The number of morpholine rings is 1. The minimum absolute atomic E-state index is 0.237. The Balaban J connectivity index is 1.45. The van der Waals surface area contributed by atoms with Crippen LogP contribution in [-0.4, -0.2) is 51.9 Å². The molecule has 1 aliphatic heterocycles. The van der Waals surface area contributed by atoms with Gasteiger partial charge >= 0.3 is 0 Å². The highest BCUT2D eigenvalue weighted by Gasteiger charge is 2.37. The minimum atomic E-state index is -0.525. The van der Waals surface area contributed by atoms with Crippen molar-refractivity contribution in [2.45, 2.75) is 63.1 Å². The highest BCUT2D eigenvalue weighted by Crippen LogP contribution is 2.36. The molecule has 1 aromatic heterocycles. The summed E-state index contributed by atoms with van der Waals surface area (Å²) >= 11 is 6.04. The maximum Gasteiger partial charge on any atom is 0.247 e. The number of rotatable bonds is 5. The molecule has 2 atom stereocenters. The van der Waals surface area contributed by atoms with E-state index < -0.39 is 6.10 Å². The topological polar surface area (TPSA) is 73.4 Å². The molecule has 0 radical (unpaired) electrons. The average Bonchev–Trinajstić information content (AvgIpc) is 3.08. The van der Waals surface area contributed by atoms with Crippen molar-refractivity contribution >= 4 is 17.5 Å². The molecule has 1 saturated heterocycles. The molecule has 2 N–H and O–H groups in total. The summed E-state index contributed by atoms with van der Waals surface area (Å²) in [5.41, 5.74) is 9.21. The zero-order chi connectivity index (χ0) is 21.3. The molecular weight excluding hydrogens is 400 g/mol. The van der Waals surface area contributed by atoms with Gasteiger partial charge in [-0.2, -0.15) is 5.10 Å². The van der Waals surface area contributed by atoms with Crippen molar-refractivity contribution < 1.29 is 9.53 Å². The third kappa shape index (κ3) is 4.71. The normalized spacial score (nSPS) is 27.8. The van der Waals surface area contributed by atoms with Gasteiger partial charge in [0.25, 0.3) is 0 Å². The van der Waals surface area contributed by atoms with Gasteiger partial charge in [0.15, 0.2) is 0 Å². The van der Waals surface area contributed by atoms with Crippen molar-refractivity contribution in [2.75, 3.05) is 13.2 Å². The highest BCUT2D eigenvalue weighted by atomic mass is 35.5. The molecule has 1 saturated carbocycles. The van der Waals surface area contributed by atoms with E-state index >= 15 is 0 Å². The van der Waals surface area contributed by atoms with Crippen LogP contribution in [0, 0.1) is 6.92 Å². The number of ether oxygens (including phenoxy) is 1. The Morgan fingerprint density at radius 3 is 2.53 bits per heavy atom. The predicted octanol–water partition coefficient (Wildman–Crippen LogP) is 3.21. The summed E-state index contributed by atoms with van der Waals surface area (Å²) < 4.78 is 7.78. The molecular formula is C23H31ClN4O2. The van der Waals surface area contributed by atoms with Crippen LogP contribution in [0.3, 0.4) is 0 Å². The van der Waals surface area contributed by atoms with Crippen molar-refractivity contribution in [2.24, 2.45) is 12.8 Å². The van der Waals surface area contributed by atoms with Crippen molar-refractivity contribution in [1.82, 2.24) is 14.7 Å². The first kappa shape index (κ1) is 21.3. The molecule has 30 heavy (non-hydrogen) atoms. The van der Waals surface area contributed by atoms with Gasteiger partial charge in [0.05, 0.1) is 12.3 Å². The van der Waals surface area contributed by atoms with Gasteiger partial charge < -0.3 is 10.5 Å². The van der Waals surface area contributed by atoms with Crippen LogP contribution in [0.1, 0.15) is 48.6 Å². The fraction of sp³-hybridized carbons (Fsp3) is 0.565. The Labute approximate surface area is 183 Å². The summed E-state index contributed by atoms with van der Waals surface area (Å²) in [5, 5.41) is 5.44. The lowest BCUT2D eigenvalue weighted by Gasteiger charge is -2.45. The number of aromatic nitrogens is 2. The quantitative estimate of drug-likeness (QED) is 0.790. The molecule has 7 heteroatoms. The third-order valence-corrected chi connectivity index (χ3v) is 7.01. The predicted molar refractivity (Wildman–Crippen MR) is 118 cm³/mol. The van der Waals surface area contributed by atoms with E-state index in [-0.39, 0.29) is 11.9 Å². The number of nitrogens with two attached hydrogens (primary N) is 1. The zero-order valence-corrected chi connectivity index (χ0v) is 18.5. The number of halogens is 1. The molecule has 2 heterocycles. The van der Waals surface area contributed by atoms with E-state index in [1.165, 1.54) is 17.0 Å². The number of benzene rings is 1. The van der Waals surface area contributed by atoms with Crippen LogP contribution in [0.25, 0.3) is 0 Å². The molecule has 0 spiro atoms. The SMILES string of the molecule is Cc1cc(C2CCC(N3C[C@H](C(N)=O)OC[C@@H]3Cc3ccc(Cl)cc3)CC2)nn1C. The number of primary amides is 1. The summed E-state index contributed by atoms with van der Waals surface area (Å²) in [7, 11) is 2.00. The fourth-order valence-corrected chi connectivity index (χ4v) is 5.02. The van der Waals surface area contributed by atoms with Gasteiger partial charge in [-0.1, -0.05) is 23.7 Å². The van der Waals surface area contributed by atoms with Gasteiger partial charge in [-0.25, -0.2) is 0 Å². The monoisotopic (exact) mass is 430 g/mol. The van der Waals surface area contributed by atoms with Crippen LogP contribution in [-0.2, 0) is 23.0 Å². The summed E-state index contributed by atoms with van der Waals surface area (Å²) in [6.45, 7) is 3.20. The van der Waals surface area contributed by atoms with Crippen molar-refractivity contribution in [3.05, 3.63) is 52.3 Å². The Kier molecular flexibility index (Phi) is 6.46. The molecule has 4 rings (SSSR count). The number of amides is 1. The van der Waals surface area contributed by atoms with Crippen LogP contribution >= 0.6 is 11.6 Å². The van der Waals surface area contributed by atoms with E-state index in [1.54, 1.807) is 0 Å². The summed E-state index contributed by atoms with van der Waals surface area (Å²) in [6.07, 6.45) is 4.79. The van der Waals surface area contributed by atoms with Gasteiger partial charge in [0.2, 0.25) is 5.91 Å². The van der Waals surface area contributed by atoms with E-state index in [9.17, 15) is 4.79 Å². The maximum atomic E-state index is 11.8. The number of nitrogens with zero attached hydrogens (tertiary/aromatic N) is 3. The molecule has 2 aromatic rings. The van der Waals surface area contributed by atoms with Crippen molar-refractivity contribution in [1.29, 1.82) is 0 Å². The Bertz CT molecular complexity index is 854. The Morgan fingerprint density at radius 1 is 1.23 bits per heavy atom. The second kappa shape index (κ2) is 9.08. The van der Waals surface area contributed by atoms with Gasteiger partial charge in [-0.15, -0.1) is 0 Å². The molecule has 6 nitrogen and oxygen atoms in total. The largest absolute Gasteiger partial charge is 0.367 e. The average molecular weight is 431 g/mol. The molecule has 2 aliphatic rings.